The van der Waals surface area contributed by atoms with Crippen LogP contribution in [0.25, 0.3) is 5.69 Å². The molecule has 0 saturated carbocycles. The first-order chi connectivity index (χ1) is 8.75. The predicted molar refractivity (Wildman–Crippen MR) is 65.3 cm³/mol. The lowest BCUT2D eigenvalue weighted by Crippen LogP contribution is -2.28. The number of carbonyl (C=O) groups excluding carboxylic acids is 2. The highest BCUT2D eigenvalue weighted by molar-refractivity contribution is 6.19. The van der Waals surface area contributed by atoms with E-state index < -0.39 is 0 Å². The molecule has 18 heavy (non-hydrogen) atoms. The summed E-state index contributed by atoms with van der Waals surface area (Å²) in [5.41, 5.74) is 1.52. The van der Waals surface area contributed by atoms with Crippen molar-refractivity contribution in [3.8, 4) is 5.69 Å². The maximum atomic E-state index is 11.6. The molecular weight excluding hydrogens is 230 g/mol. The Morgan fingerprint density at radius 1 is 0.944 bits per heavy atom. The van der Waals surface area contributed by atoms with E-state index >= 15 is 0 Å². The first-order valence-corrected chi connectivity index (χ1v) is 5.71. The Hall–Kier alpha value is -2.43. The number of amides is 2. The molecule has 0 unspecified atom stereocenters. The Morgan fingerprint density at radius 3 is 2.11 bits per heavy atom. The molecule has 1 aliphatic heterocycles. The predicted octanol–water partition coefficient (Wildman–Crippen LogP) is 1.53. The first-order valence-electron chi connectivity index (χ1n) is 5.71. The lowest BCUT2D eigenvalue weighted by atomic mass is 10.2. The summed E-state index contributed by atoms with van der Waals surface area (Å²) in [5.74, 6) is -0.265. The van der Waals surface area contributed by atoms with E-state index in [1.54, 1.807) is 23.0 Å². The van der Waals surface area contributed by atoms with Gasteiger partial charge in [-0.2, -0.15) is 5.10 Å². The molecule has 5 heteroatoms. The third-order valence-corrected chi connectivity index (χ3v) is 2.93. The van der Waals surface area contributed by atoms with Crippen LogP contribution in [0.3, 0.4) is 0 Å². The lowest BCUT2D eigenvalue weighted by Gasteiger charge is -2.14. The van der Waals surface area contributed by atoms with Crippen molar-refractivity contribution in [1.82, 2.24) is 9.78 Å². The molecule has 1 aromatic carbocycles. The second kappa shape index (κ2) is 4.10. The van der Waals surface area contributed by atoms with E-state index in [-0.39, 0.29) is 11.8 Å². The summed E-state index contributed by atoms with van der Waals surface area (Å²) in [4.78, 5) is 24.4. The van der Waals surface area contributed by atoms with E-state index in [2.05, 4.69) is 5.10 Å². The van der Waals surface area contributed by atoms with E-state index in [0.717, 1.165) is 5.69 Å². The number of hydrogen-bond donors (Lipinski definition) is 0. The smallest absolute Gasteiger partial charge is 0.234 e. The zero-order valence-corrected chi connectivity index (χ0v) is 9.61. The van der Waals surface area contributed by atoms with Crippen molar-refractivity contribution in [2.45, 2.75) is 12.8 Å². The zero-order valence-electron chi connectivity index (χ0n) is 9.61. The molecule has 0 radical (unpaired) electrons. The van der Waals surface area contributed by atoms with E-state index in [1.807, 2.05) is 24.4 Å². The summed E-state index contributed by atoms with van der Waals surface area (Å²) in [5, 5.41) is 4.11. The van der Waals surface area contributed by atoms with Gasteiger partial charge in [-0.3, -0.25) is 14.5 Å². The summed E-state index contributed by atoms with van der Waals surface area (Å²) >= 11 is 0. The molecule has 5 nitrogen and oxygen atoms in total. The maximum Gasteiger partial charge on any atom is 0.234 e. The molecule has 1 aliphatic rings. The number of rotatable bonds is 2. The van der Waals surface area contributed by atoms with Gasteiger partial charge in [-0.25, -0.2) is 4.68 Å². The monoisotopic (exact) mass is 241 g/mol. The van der Waals surface area contributed by atoms with Crippen LogP contribution in [0.15, 0.2) is 42.7 Å². The van der Waals surface area contributed by atoms with Crippen LogP contribution in [-0.2, 0) is 9.59 Å². The van der Waals surface area contributed by atoms with Crippen molar-refractivity contribution in [2.24, 2.45) is 0 Å². The van der Waals surface area contributed by atoms with Crippen LogP contribution in [0.1, 0.15) is 12.8 Å². The highest BCUT2D eigenvalue weighted by atomic mass is 16.2. The Balaban J connectivity index is 1.92. The average molecular weight is 241 g/mol. The van der Waals surface area contributed by atoms with Gasteiger partial charge in [-0.05, 0) is 30.3 Å². The largest absolute Gasteiger partial charge is 0.274 e. The van der Waals surface area contributed by atoms with Crippen molar-refractivity contribution in [3.63, 3.8) is 0 Å². The molecular formula is C13H11N3O2. The molecule has 90 valence electrons. The van der Waals surface area contributed by atoms with E-state index in [0.29, 0.717) is 18.5 Å². The molecule has 0 spiro atoms. The van der Waals surface area contributed by atoms with Crippen LogP contribution in [0.2, 0.25) is 0 Å². The fourth-order valence-corrected chi connectivity index (χ4v) is 2.04. The minimum absolute atomic E-state index is 0.133. The second-order valence-electron chi connectivity index (χ2n) is 4.09. The van der Waals surface area contributed by atoms with Gasteiger partial charge in [0.1, 0.15) is 0 Å². The summed E-state index contributed by atoms with van der Waals surface area (Å²) < 4.78 is 1.72. The van der Waals surface area contributed by atoms with Crippen LogP contribution in [-0.4, -0.2) is 21.6 Å². The summed E-state index contributed by atoms with van der Waals surface area (Å²) in [6, 6.07) is 9.03. The number of carbonyl (C=O) groups is 2. The minimum Gasteiger partial charge on any atom is -0.274 e. The SMILES string of the molecule is O=C1CCC(=O)N1c1ccc(-n2cccn2)cc1. The van der Waals surface area contributed by atoms with Gasteiger partial charge in [0.15, 0.2) is 0 Å². The van der Waals surface area contributed by atoms with Crippen LogP contribution in [0.4, 0.5) is 5.69 Å². The minimum atomic E-state index is -0.133. The molecule has 0 aliphatic carbocycles. The Bertz CT molecular complexity index is 571. The van der Waals surface area contributed by atoms with Crippen LogP contribution in [0.5, 0.6) is 0 Å². The van der Waals surface area contributed by atoms with Crippen LogP contribution >= 0.6 is 0 Å². The quantitative estimate of drug-likeness (QED) is 0.749. The van der Waals surface area contributed by atoms with Crippen molar-refractivity contribution >= 4 is 17.5 Å². The lowest BCUT2D eigenvalue weighted by molar-refractivity contribution is -0.121. The Labute approximate surface area is 104 Å². The average Bonchev–Trinajstić information content (AvgIpc) is 3.01. The van der Waals surface area contributed by atoms with Gasteiger partial charge in [0.2, 0.25) is 11.8 Å². The van der Waals surface area contributed by atoms with Gasteiger partial charge in [0, 0.05) is 25.2 Å². The number of benzene rings is 1. The standard InChI is InChI=1S/C13H11N3O2/c17-12-6-7-13(18)16(12)11-4-2-10(3-5-11)15-9-1-8-14-15/h1-5,8-9H,6-7H2. The number of hydrogen-bond acceptors (Lipinski definition) is 3. The van der Waals surface area contributed by atoms with Crippen LogP contribution < -0.4 is 4.90 Å². The number of imide groups is 1. The molecule has 0 N–H and O–H groups in total. The molecule has 2 amide bonds. The van der Waals surface area contributed by atoms with Crippen molar-refractivity contribution in [2.75, 3.05) is 4.90 Å². The van der Waals surface area contributed by atoms with Gasteiger partial charge >= 0.3 is 0 Å². The summed E-state index contributed by atoms with van der Waals surface area (Å²) in [6.45, 7) is 0. The third kappa shape index (κ3) is 1.69. The van der Waals surface area contributed by atoms with Crippen molar-refractivity contribution < 1.29 is 9.59 Å². The van der Waals surface area contributed by atoms with Crippen molar-refractivity contribution in [3.05, 3.63) is 42.7 Å². The van der Waals surface area contributed by atoms with E-state index in [9.17, 15) is 9.59 Å². The molecule has 0 atom stereocenters. The molecule has 2 heterocycles. The number of nitrogens with zero attached hydrogens (tertiary/aromatic N) is 3. The Kier molecular flexibility index (Phi) is 2.44. The molecule has 1 saturated heterocycles. The fourth-order valence-electron chi connectivity index (χ4n) is 2.04. The highest BCUT2D eigenvalue weighted by Crippen LogP contribution is 2.23. The van der Waals surface area contributed by atoms with Gasteiger partial charge < -0.3 is 0 Å². The molecule has 1 fully saturated rings. The third-order valence-electron chi connectivity index (χ3n) is 2.93. The molecule has 3 rings (SSSR count). The number of anilines is 1. The molecule has 2 aromatic rings. The van der Waals surface area contributed by atoms with Gasteiger partial charge in [-0.1, -0.05) is 0 Å². The zero-order chi connectivity index (χ0) is 12.5. The van der Waals surface area contributed by atoms with E-state index in [4.69, 9.17) is 0 Å². The van der Waals surface area contributed by atoms with Gasteiger partial charge in [-0.15, -0.1) is 0 Å². The normalized spacial score (nSPS) is 15.4. The van der Waals surface area contributed by atoms with Gasteiger partial charge in [0.25, 0.3) is 0 Å². The summed E-state index contributed by atoms with van der Waals surface area (Å²) in [6.07, 6.45) is 4.14. The first kappa shape index (κ1) is 10.7. The van der Waals surface area contributed by atoms with Crippen molar-refractivity contribution in [1.29, 1.82) is 0 Å². The second-order valence-corrected chi connectivity index (χ2v) is 4.09. The highest BCUT2D eigenvalue weighted by Gasteiger charge is 2.29. The van der Waals surface area contributed by atoms with E-state index in [1.165, 1.54) is 4.90 Å². The number of aromatic nitrogens is 2. The molecule has 1 aromatic heterocycles. The summed E-state index contributed by atoms with van der Waals surface area (Å²) in [7, 11) is 0. The van der Waals surface area contributed by atoms with Gasteiger partial charge in [0.05, 0.1) is 11.4 Å². The maximum absolute atomic E-state index is 11.6. The topological polar surface area (TPSA) is 55.2 Å². The Morgan fingerprint density at radius 2 is 1.56 bits per heavy atom. The molecule has 0 bridgehead atoms. The fraction of sp³-hybridized carbons (Fsp3) is 0.154. The van der Waals surface area contributed by atoms with Crippen LogP contribution in [0, 0.1) is 0 Å².